The van der Waals surface area contributed by atoms with Crippen LogP contribution in [0.5, 0.6) is 0 Å². The van der Waals surface area contributed by atoms with Crippen LogP contribution in [0.25, 0.3) is 0 Å². The Bertz CT molecular complexity index is 477. The molecule has 0 aliphatic heterocycles. The molecule has 0 radical (unpaired) electrons. The smallest absolute Gasteiger partial charge is 0.242 e. The molecule has 6 heteroatoms. The molecule has 0 saturated heterocycles. The van der Waals surface area contributed by atoms with Gasteiger partial charge in [-0.25, -0.2) is 0 Å². The van der Waals surface area contributed by atoms with Crippen LogP contribution in [-0.4, -0.2) is 31.4 Å². The molecular weight excluding hydrogens is 278 g/mol. The summed E-state index contributed by atoms with van der Waals surface area (Å²) in [4.78, 5) is 23.5. The van der Waals surface area contributed by atoms with Gasteiger partial charge in [0.1, 0.15) is 6.04 Å². The van der Waals surface area contributed by atoms with Crippen LogP contribution in [0.2, 0.25) is 5.02 Å². The van der Waals surface area contributed by atoms with Gasteiger partial charge in [-0.05, 0) is 18.1 Å². The number of rotatable bonds is 6. The van der Waals surface area contributed by atoms with Crippen molar-refractivity contribution in [2.45, 2.75) is 19.9 Å². The number of carbonyl (C=O) groups excluding carboxylic acids is 2. The topological polar surface area (TPSA) is 70.2 Å². The molecule has 20 heavy (non-hydrogen) atoms. The molecule has 1 aromatic rings. The fourth-order valence-electron chi connectivity index (χ4n) is 1.70. The molecule has 0 aliphatic rings. The highest BCUT2D eigenvalue weighted by atomic mass is 35.5. The molecule has 0 spiro atoms. The Balaban J connectivity index is 2.55. The third kappa shape index (κ3) is 4.74. The second-order valence-electron chi connectivity index (χ2n) is 4.74. The van der Waals surface area contributed by atoms with Gasteiger partial charge in [0, 0.05) is 7.05 Å². The average Bonchev–Trinajstić information content (AvgIpc) is 2.42. The lowest BCUT2D eigenvalue weighted by Crippen LogP contribution is -2.50. The highest BCUT2D eigenvalue weighted by molar-refractivity contribution is 6.33. The predicted octanol–water partition coefficient (Wildman–Crippen LogP) is 1.64. The first kappa shape index (κ1) is 16.3. The SMILES string of the molecule is CNC(=O)C(NC(=O)CNc1ccccc1Cl)C(C)C. The molecule has 1 unspecified atom stereocenters. The summed E-state index contributed by atoms with van der Waals surface area (Å²) in [6, 6.07) is 6.62. The number of anilines is 1. The van der Waals surface area contributed by atoms with Gasteiger partial charge in [0.15, 0.2) is 0 Å². The Morgan fingerprint density at radius 1 is 1.25 bits per heavy atom. The van der Waals surface area contributed by atoms with Crippen molar-refractivity contribution in [2.24, 2.45) is 5.92 Å². The fraction of sp³-hybridized carbons (Fsp3) is 0.429. The number of benzene rings is 1. The maximum atomic E-state index is 11.9. The zero-order valence-electron chi connectivity index (χ0n) is 11.9. The summed E-state index contributed by atoms with van der Waals surface area (Å²) in [7, 11) is 1.55. The van der Waals surface area contributed by atoms with Crippen molar-refractivity contribution < 1.29 is 9.59 Å². The molecule has 0 aromatic heterocycles. The minimum absolute atomic E-state index is 0.0132. The van der Waals surface area contributed by atoms with E-state index in [1.165, 1.54) is 0 Å². The van der Waals surface area contributed by atoms with Crippen LogP contribution >= 0.6 is 11.6 Å². The molecule has 0 aliphatic carbocycles. The van der Waals surface area contributed by atoms with E-state index in [1.807, 2.05) is 26.0 Å². The van der Waals surface area contributed by atoms with Crippen molar-refractivity contribution in [3.63, 3.8) is 0 Å². The number of para-hydroxylation sites is 1. The molecule has 3 N–H and O–H groups in total. The van der Waals surface area contributed by atoms with E-state index in [1.54, 1.807) is 19.2 Å². The number of nitrogens with one attached hydrogen (secondary N) is 3. The first-order valence-corrected chi connectivity index (χ1v) is 6.83. The second kappa shape index (κ2) is 7.75. The molecule has 0 bridgehead atoms. The van der Waals surface area contributed by atoms with E-state index in [9.17, 15) is 9.59 Å². The van der Waals surface area contributed by atoms with Crippen LogP contribution < -0.4 is 16.0 Å². The normalized spacial score (nSPS) is 11.8. The number of likely N-dealkylation sites (N-methyl/N-ethyl adjacent to an activating group) is 1. The van der Waals surface area contributed by atoms with Crippen LogP contribution in [0, 0.1) is 5.92 Å². The van der Waals surface area contributed by atoms with Gasteiger partial charge in [-0.15, -0.1) is 0 Å². The summed E-state index contributed by atoms with van der Waals surface area (Å²) in [6.45, 7) is 3.81. The number of halogens is 1. The zero-order valence-corrected chi connectivity index (χ0v) is 12.6. The van der Waals surface area contributed by atoms with Gasteiger partial charge in [0.05, 0.1) is 17.3 Å². The lowest BCUT2D eigenvalue weighted by atomic mass is 10.0. The lowest BCUT2D eigenvalue weighted by molar-refractivity contribution is -0.129. The average molecular weight is 298 g/mol. The Morgan fingerprint density at radius 3 is 2.45 bits per heavy atom. The molecule has 1 atom stereocenters. The van der Waals surface area contributed by atoms with E-state index < -0.39 is 6.04 Å². The molecular formula is C14H20ClN3O2. The van der Waals surface area contributed by atoms with Crippen molar-refractivity contribution in [3.05, 3.63) is 29.3 Å². The van der Waals surface area contributed by atoms with Gasteiger partial charge in [0.25, 0.3) is 0 Å². The summed E-state index contributed by atoms with van der Waals surface area (Å²) < 4.78 is 0. The number of hydrogen-bond donors (Lipinski definition) is 3. The van der Waals surface area contributed by atoms with Crippen LogP contribution in [0.15, 0.2) is 24.3 Å². The maximum absolute atomic E-state index is 11.9. The molecule has 2 amide bonds. The number of hydrogen-bond acceptors (Lipinski definition) is 3. The highest BCUT2D eigenvalue weighted by Gasteiger charge is 2.22. The Morgan fingerprint density at radius 2 is 1.90 bits per heavy atom. The van der Waals surface area contributed by atoms with Gasteiger partial charge in [-0.2, -0.15) is 0 Å². The van der Waals surface area contributed by atoms with E-state index in [0.29, 0.717) is 10.7 Å². The maximum Gasteiger partial charge on any atom is 0.242 e. The van der Waals surface area contributed by atoms with E-state index in [4.69, 9.17) is 11.6 Å². The van der Waals surface area contributed by atoms with E-state index in [-0.39, 0.29) is 24.3 Å². The summed E-state index contributed by atoms with van der Waals surface area (Å²) in [5.74, 6) is -0.447. The molecule has 0 heterocycles. The molecule has 1 aromatic carbocycles. The van der Waals surface area contributed by atoms with Crippen LogP contribution in [-0.2, 0) is 9.59 Å². The van der Waals surface area contributed by atoms with Crippen LogP contribution in [0.3, 0.4) is 0 Å². The Labute approximate surface area is 124 Å². The first-order valence-electron chi connectivity index (χ1n) is 6.45. The van der Waals surface area contributed by atoms with Gasteiger partial charge >= 0.3 is 0 Å². The molecule has 0 fully saturated rings. The van der Waals surface area contributed by atoms with Crippen molar-refractivity contribution in [2.75, 3.05) is 18.9 Å². The summed E-state index contributed by atoms with van der Waals surface area (Å²) in [5, 5.41) is 8.73. The Hall–Kier alpha value is -1.75. The second-order valence-corrected chi connectivity index (χ2v) is 5.14. The predicted molar refractivity (Wildman–Crippen MR) is 80.8 cm³/mol. The van der Waals surface area contributed by atoms with Gasteiger partial charge in [0.2, 0.25) is 11.8 Å². The lowest BCUT2D eigenvalue weighted by Gasteiger charge is -2.21. The largest absolute Gasteiger partial charge is 0.375 e. The zero-order chi connectivity index (χ0) is 15.1. The number of amides is 2. The van der Waals surface area contributed by atoms with E-state index in [2.05, 4.69) is 16.0 Å². The monoisotopic (exact) mass is 297 g/mol. The third-order valence-electron chi connectivity index (χ3n) is 2.83. The summed E-state index contributed by atoms with van der Waals surface area (Å²) in [6.07, 6.45) is 0. The first-order chi connectivity index (χ1) is 9.45. The van der Waals surface area contributed by atoms with Crippen LogP contribution in [0.1, 0.15) is 13.8 Å². The van der Waals surface area contributed by atoms with Crippen molar-refractivity contribution in [3.8, 4) is 0 Å². The summed E-state index contributed by atoms with van der Waals surface area (Å²) in [5.41, 5.74) is 0.686. The minimum Gasteiger partial charge on any atom is -0.375 e. The van der Waals surface area contributed by atoms with E-state index in [0.717, 1.165) is 0 Å². The standard InChI is InChI=1S/C14H20ClN3O2/c1-9(2)13(14(20)16-3)18-12(19)8-17-11-7-5-4-6-10(11)15/h4-7,9,13,17H,8H2,1-3H3,(H,16,20)(H,18,19). The van der Waals surface area contributed by atoms with Crippen molar-refractivity contribution in [1.29, 1.82) is 0 Å². The molecule has 110 valence electrons. The van der Waals surface area contributed by atoms with Gasteiger partial charge in [-0.1, -0.05) is 37.6 Å². The third-order valence-corrected chi connectivity index (χ3v) is 3.15. The van der Waals surface area contributed by atoms with Crippen molar-refractivity contribution >= 4 is 29.1 Å². The van der Waals surface area contributed by atoms with Gasteiger partial charge in [-0.3, -0.25) is 9.59 Å². The molecule has 0 saturated carbocycles. The Kier molecular flexibility index (Phi) is 6.31. The quantitative estimate of drug-likeness (QED) is 0.747. The van der Waals surface area contributed by atoms with Gasteiger partial charge < -0.3 is 16.0 Å². The molecule has 5 nitrogen and oxygen atoms in total. The summed E-state index contributed by atoms with van der Waals surface area (Å²) >= 11 is 5.98. The van der Waals surface area contributed by atoms with Crippen molar-refractivity contribution in [1.82, 2.24) is 10.6 Å². The minimum atomic E-state index is -0.541. The molecule has 1 rings (SSSR count). The number of carbonyl (C=O) groups is 2. The highest BCUT2D eigenvalue weighted by Crippen LogP contribution is 2.19. The fourth-order valence-corrected chi connectivity index (χ4v) is 1.90. The van der Waals surface area contributed by atoms with Crippen LogP contribution in [0.4, 0.5) is 5.69 Å². The van der Waals surface area contributed by atoms with E-state index >= 15 is 0 Å².